The molecule has 5 heteroatoms. The molecule has 0 aliphatic carbocycles. The molecule has 0 saturated carbocycles. The molecule has 19 heavy (non-hydrogen) atoms. The summed E-state index contributed by atoms with van der Waals surface area (Å²) in [5, 5.41) is 3.34. The van der Waals surface area contributed by atoms with Gasteiger partial charge in [0.05, 0.1) is 17.9 Å². The van der Waals surface area contributed by atoms with Crippen LogP contribution in [-0.2, 0) is 11.3 Å². The van der Waals surface area contributed by atoms with Gasteiger partial charge >= 0.3 is 6.08 Å². The third-order valence-corrected chi connectivity index (χ3v) is 2.17. The van der Waals surface area contributed by atoms with E-state index < -0.39 is 0 Å². The first-order chi connectivity index (χ1) is 8.66. The molecule has 1 heterocycles. The normalized spacial score (nSPS) is 12.7. The van der Waals surface area contributed by atoms with Gasteiger partial charge < -0.3 is 19.2 Å². The zero-order valence-corrected chi connectivity index (χ0v) is 12.9. The number of hydrogen-bond donors (Lipinski definition) is 1. The highest BCUT2D eigenvalue weighted by atomic mass is 16.6. The number of nitrogens with one attached hydrogen (secondary N) is 1. The third kappa shape index (κ3) is 7.85. The molecule has 1 aromatic heterocycles. The molecule has 0 unspecified atom stereocenters. The van der Waals surface area contributed by atoms with Crippen LogP contribution in [-0.4, -0.2) is 29.3 Å². The van der Waals surface area contributed by atoms with Crippen molar-refractivity contribution < 1.29 is 13.9 Å². The predicted molar refractivity (Wildman–Crippen MR) is 74.3 cm³/mol. The van der Waals surface area contributed by atoms with Gasteiger partial charge in [-0.05, 0) is 41.5 Å². The average Bonchev–Trinajstić information content (AvgIpc) is 2.67. The summed E-state index contributed by atoms with van der Waals surface area (Å²) in [6.07, 6.45) is 1.90. The van der Waals surface area contributed by atoms with Gasteiger partial charge in [-0.3, -0.25) is 0 Å². The maximum atomic E-state index is 5.54. The fraction of sp³-hybridized carbons (Fsp3) is 0.786. The number of nitrogens with zero attached hydrogens (tertiary/aromatic N) is 1. The molecule has 0 amide bonds. The number of hydrogen-bond acceptors (Lipinski definition) is 5. The van der Waals surface area contributed by atoms with Gasteiger partial charge in [0.15, 0.2) is 0 Å². The van der Waals surface area contributed by atoms with E-state index in [0.29, 0.717) is 25.8 Å². The second kappa shape index (κ2) is 6.39. The standard InChI is InChI=1S/C14H26N2O3/c1-13(2,3)15-9-11-10-18-12(16-11)17-7-8-19-14(4,5)6/h10,15H,7-9H2,1-6H3. The van der Waals surface area contributed by atoms with Crippen molar-refractivity contribution in [3.8, 4) is 6.08 Å². The number of oxazole rings is 1. The molecule has 0 atom stereocenters. The topological polar surface area (TPSA) is 56.5 Å². The molecule has 0 fully saturated rings. The maximum absolute atomic E-state index is 5.54. The van der Waals surface area contributed by atoms with Gasteiger partial charge in [-0.1, -0.05) is 0 Å². The van der Waals surface area contributed by atoms with E-state index in [1.54, 1.807) is 6.26 Å². The Morgan fingerprint density at radius 1 is 1.16 bits per heavy atom. The predicted octanol–water partition coefficient (Wildman–Crippen LogP) is 2.76. The molecule has 110 valence electrons. The summed E-state index contributed by atoms with van der Waals surface area (Å²) in [7, 11) is 0. The van der Waals surface area contributed by atoms with E-state index in [9.17, 15) is 0 Å². The zero-order chi connectivity index (χ0) is 14.5. The van der Waals surface area contributed by atoms with Crippen molar-refractivity contribution in [2.75, 3.05) is 13.2 Å². The van der Waals surface area contributed by atoms with Gasteiger partial charge in [0, 0.05) is 12.1 Å². The summed E-state index contributed by atoms with van der Waals surface area (Å²) in [6.45, 7) is 14.0. The van der Waals surface area contributed by atoms with E-state index in [1.807, 2.05) is 20.8 Å². The van der Waals surface area contributed by atoms with E-state index in [0.717, 1.165) is 5.69 Å². The van der Waals surface area contributed by atoms with Crippen molar-refractivity contribution in [1.29, 1.82) is 0 Å². The van der Waals surface area contributed by atoms with Crippen LogP contribution in [0.15, 0.2) is 10.7 Å². The van der Waals surface area contributed by atoms with Crippen LogP contribution >= 0.6 is 0 Å². The van der Waals surface area contributed by atoms with E-state index >= 15 is 0 Å². The number of aromatic nitrogens is 1. The van der Waals surface area contributed by atoms with Crippen LogP contribution in [0.4, 0.5) is 0 Å². The smallest absolute Gasteiger partial charge is 0.393 e. The van der Waals surface area contributed by atoms with E-state index in [-0.39, 0.29) is 11.1 Å². The van der Waals surface area contributed by atoms with Crippen LogP contribution < -0.4 is 10.1 Å². The highest BCUT2D eigenvalue weighted by Crippen LogP contribution is 2.12. The fourth-order valence-electron chi connectivity index (χ4n) is 1.27. The molecule has 0 aliphatic heterocycles. The first-order valence-electron chi connectivity index (χ1n) is 6.62. The van der Waals surface area contributed by atoms with Crippen molar-refractivity contribution in [1.82, 2.24) is 10.3 Å². The number of ether oxygens (including phenoxy) is 2. The molecule has 0 radical (unpaired) electrons. The van der Waals surface area contributed by atoms with Crippen molar-refractivity contribution in [2.45, 2.75) is 59.2 Å². The van der Waals surface area contributed by atoms with Gasteiger partial charge in [-0.25, -0.2) is 0 Å². The molecule has 0 aromatic carbocycles. The van der Waals surface area contributed by atoms with Crippen molar-refractivity contribution in [2.24, 2.45) is 0 Å². The Morgan fingerprint density at radius 2 is 1.84 bits per heavy atom. The molecule has 1 aromatic rings. The Labute approximate surface area is 115 Å². The lowest BCUT2D eigenvalue weighted by Crippen LogP contribution is -2.35. The SMILES string of the molecule is CC(C)(C)NCc1coc(OCCOC(C)(C)C)n1. The summed E-state index contributed by atoms with van der Waals surface area (Å²) in [4.78, 5) is 4.24. The van der Waals surface area contributed by atoms with Gasteiger partial charge in [0.2, 0.25) is 0 Å². The maximum Gasteiger partial charge on any atom is 0.393 e. The van der Waals surface area contributed by atoms with E-state index in [1.165, 1.54) is 0 Å². The van der Waals surface area contributed by atoms with Crippen LogP contribution in [0.5, 0.6) is 6.08 Å². The van der Waals surface area contributed by atoms with Crippen LogP contribution in [0.1, 0.15) is 47.2 Å². The molecule has 1 N–H and O–H groups in total. The second-order valence-corrected chi connectivity index (χ2v) is 6.52. The van der Waals surface area contributed by atoms with Crippen LogP contribution in [0.3, 0.4) is 0 Å². The Morgan fingerprint density at radius 3 is 2.42 bits per heavy atom. The van der Waals surface area contributed by atoms with Gasteiger partial charge in [-0.2, -0.15) is 4.98 Å². The first-order valence-corrected chi connectivity index (χ1v) is 6.62. The minimum atomic E-state index is -0.151. The zero-order valence-electron chi connectivity index (χ0n) is 12.9. The largest absolute Gasteiger partial charge is 0.448 e. The summed E-state index contributed by atoms with van der Waals surface area (Å²) in [6, 6.07) is 0. The Balaban J connectivity index is 2.27. The molecule has 5 nitrogen and oxygen atoms in total. The lowest BCUT2D eigenvalue weighted by atomic mass is 10.1. The van der Waals surface area contributed by atoms with Crippen molar-refractivity contribution in [3.63, 3.8) is 0 Å². The molecular weight excluding hydrogens is 244 g/mol. The third-order valence-electron chi connectivity index (χ3n) is 2.17. The molecule has 0 saturated heterocycles. The van der Waals surface area contributed by atoms with E-state index in [4.69, 9.17) is 13.9 Å². The second-order valence-electron chi connectivity index (χ2n) is 6.52. The first kappa shape index (κ1) is 16.0. The highest BCUT2D eigenvalue weighted by molar-refractivity contribution is 5.00. The molecule has 0 aliphatic rings. The minimum absolute atomic E-state index is 0.0561. The molecule has 0 bridgehead atoms. The van der Waals surface area contributed by atoms with E-state index in [2.05, 4.69) is 31.1 Å². The minimum Gasteiger partial charge on any atom is -0.448 e. The van der Waals surface area contributed by atoms with Crippen LogP contribution in [0, 0.1) is 0 Å². The fourth-order valence-corrected chi connectivity index (χ4v) is 1.27. The van der Waals surface area contributed by atoms with Gasteiger partial charge in [0.25, 0.3) is 0 Å². The monoisotopic (exact) mass is 270 g/mol. The Bertz CT molecular complexity index is 375. The molecular formula is C14H26N2O3. The van der Waals surface area contributed by atoms with Gasteiger partial charge in [-0.15, -0.1) is 0 Å². The summed E-state index contributed by atoms with van der Waals surface area (Å²) >= 11 is 0. The molecule has 0 spiro atoms. The number of rotatable bonds is 6. The van der Waals surface area contributed by atoms with Crippen molar-refractivity contribution in [3.05, 3.63) is 12.0 Å². The lowest BCUT2D eigenvalue weighted by molar-refractivity contribution is -0.0196. The van der Waals surface area contributed by atoms with Crippen LogP contribution in [0.2, 0.25) is 0 Å². The van der Waals surface area contributed by atoms with Crippen LogP contribution in [0.25, 0.3) is 0 Å². The van der Waals surface area contributed by atoms with Crippen molar-refractivity contribution >= 4 is 0 Å². The lowest BCUT2D eigenvalue weighted by Gasteiger charge is -2.19. The summed E-state index contributed by atoms with van der Waals surface area (Å²) < 4.78 is 16.2. The summed E-state index contributed by atoms with van der Waals surface area (Å²) in [5.74, 6) is 0. The summed E-state index contributed by atoms with van der Waals surface area (Å²) in [5.41, 5.74) is 0.740. The highest BCUT2D eigenvalue weighted by Gasteiger charge is 2.12. The molecule has 1 rings (SSSR count). The quantitative estimate of drug-likeness (QED) is 0.805. The van der Waals surface area contributed by atoms with Gasteiger partial charge in [0.1, 0.15) is 12.9 Å². The Hall–Kier alpha value is -1.07. The average molecular weight is 270 g/mol. The Kier molecular flexibility index (Phi) is 5.38.